The number of hydrogen-bond acceptors (Lipinski definition) is 3. The Bertz CT molecular complexity index is 623. The Morgan fingerprint density at radius 2 is 1.95 bits per heavy atom. The highest BCUT2D eigenvalue weighted by molar-refractivity contribution is 6.30. The van der Waals surface area contributed by atoms with E-state index in [1.807, 2.05) is 24.3 Å². The van der Waals surface area contributed by atoms with Crippen LogP contribution in [0.15, 0.2) is 24.3 Å². The number of nitrogens with zero attached hydrogens (tertiary/aromatic N) is 2. The number of halogens is 1. The fourth-order valence-corrected chi connectivity index (χ4v) is 2.86. The highest BCUT2D eigenvalue weighted by Gasteiger charge is 2.19. The van der Waals surface area contributed by atoms with E-state index in [0.717, 1.165) is 48.9 Å². The molecule has 3 nitrogen and oxygen atoms in total. The molecule has 0 saturated heterocycles. The first kappa shape index (κ1) is 14.3. The van der Waals surface area contributed by atoms with Crippen LogP contribution in [0.2, 0.25) is 5.02 Å². The number of aryl methyl sites for hydroxylation is 1. The first-order valence-electron chi connectivity index (χ1n) is 7.63. The SMILES string of the molecule is CCCNc1nc(Cc2ccc(Cl)cc2)nc2c1CCC2. The Morgan fingerprint density at radius 1 is 1.14 bits per heavy atom. The molecule has 0 radical (unpaired) electrons. The van der Waals surface area contributed by atoms with E-state index >= 15 is 0 Å². The van der Waals surface area contributed by atoms with Crippen molar-refractivity contribution in [1.29, 1.82) is 0 Å². The van der Waals surface area contributed by atoms with E-state index in [0.29, 0.717) is 0 Å². The Kier molecular flexibility index (Phi) is 4.39. The summed E-state index contributed by atoms with van der Waals surface area (Å²) in [5.41, 5.74) is 3.75. The highest BCUT2D eigenvalue weighted by Crippen LogP contribution is 2.27. The Balaban J connectivity index is 1.86. The van der Waals surface area contributed by atoms with Gasteiger partial charge in [0.1, 0.15) is 11.6 Å². The van der Waals surface area contributed by atoms with E-state index in [2.05, 4.69) is 12.2 Å². The van der Waals surface area contributed by atoms with Crippen LogP contribution in [-0.2, 0) is 19.3 Å². The molecule has 4 heteroatoms. The van der Waals surface area contributed by atoms with Crippen LogP contribution in [0.1, 0.15) is 42.4 Å². The van der Waals surface area contributed by atoms with E-state index in [9.17, 15) is 0 Å². The smallest absolute Gasteiger partial charge is 0.135 e. The van der Waals surface area contributed by atoms with Crippen LogP contribution in [0, 0.1) is 0 Å². The molecule has 1 N–H and O–H groups in total. The number of aromatic nitrogens is 2. The molecule has 1 aliphatic rings. The van der Waals surface area contributed by atoms with Gasteiger partial charge in [0, 0.05) is 29.2 Å². The monoisotopic (exact) mass is 301 g/mol. The molecule has 0 bridgehead atoms. The predicted octanol–water partition coefficient (Wildman–Crippen LogP) is 4.03. The standard InChI is InChI=1S/C17H20ClN3/c1-2-10-19-17-14-4-3-5-15(14)20-16(21-17)11-12-6-8-13(18)9-7-12/h6-9H,2-5,10-11H2,1H3,(H,19,20,21). The molecule has 0 spiro atoms. The van der Waals surface area contributed by atoms with Crippen molar-refractivity contribution in [2.24, 2.45) is 0 Å². The minimum atomic E-state index is 0.755. The molecule has 2 aromatic rings. The summed E-state index contributed by atoms with van der Waals surface area (Å²) in [6.07, 6.45) is 5.22. The van der Waals surface area contributed by atoms with Crippen LogP contribution in [-0.4, -0.2) is 16.5 Å². The van der Waals surface area contributed by atoms with Crippen LogP contribution in [0.25, 0.3) is 0 Å². The second-order valence-corrected chi connectivity index (χ2v) is 5.93. The first-order chi connectivity index (χ1) is 10.3. The molecule has 0 unspecified atom stereocenters. The quantitative estimate of drug-likeness (QED) is 0.906. The Morgan fingerprint density at radius 3 is 2.71 bits per heavy atom. The third kappa shape index (κ3) is 3.35. The average molecular weight is 302 g/mol. The van der Waals surface area contributed by atoms with Gasteiger partial charge < -0.3 is 5.32 Å². The first-order valence-corrected chi connectivity index (χ1v) is 8.01. The third-order valence-corrected chi connectivity index (χ3v) is 4.05. The summed E-state index contributed by atoms with van der Waals surface area (Å²) >= 11 is 5.93. The van der Waals surface area contributed by atoms with Crippen molar-refractivity contribution in [3.05, 3.63) is 51.9 Å². The largest absolute Gasteiger partial charge is 0.370 e. The van der Waals surface area contributed by atoms with Gasteiger partial charge >= 0.3 is 0 Å². The molecule has 0 saturated carbocycles. The molecular formula is C17H20ClN3. The maximum atomic E-state index is 5.93. The highest BCUT2D eigenvalue weighted by atomic mass is 35.5. The van der Waals surface area contributed by atoms with Gasteiger partial charge in [-0.3, -0.25) is 0 Å². The summed E-state index contributed by atoms with van der Waals surface area (Å²) in [6, 6.07) is 7.91. The van der Waals surface area contributed by atoms with Crippen molar-refractivity contribution in [2.45, 2.75) is 39.0 Å². The van der Waals surface area contributed by atoms with E-state index in [4.69, 9.17) is 21.6 Å². The van der Waals surface area contributed by atoms with Crippen molar-refractivity contribution in [3.8, 4) is 0 Å². The third-order valence-electron chi connectivity index (χ3n) is 3.80. The maximum absolute atomic E-state index is 5.93. The van der Waals surface area contributed by atoms with Crippen LogP contribution < -0.4 is 5.32 Å². The minimum absolute atomic E-state index is 0.755. The van der Waals surface area contributed by atoms with Gasteiger partial charge in [-0.1, -0.05) is 30.7 Å². The zero-order chi connectivity index (χ0) is 14.7. The summed E-state index contributed by atoms with van der Waals surface area (Å²) in [6.45, 7) is 3.13. The van der Waals surface area contributed by atoms with Crippen molar-refractivity contribution >= 4 is 17.4 Å². The van der Waals surface area contributed by atoms with Gasteiger partial charge in [-0.2, -0.15) is 0 Å². The van der Waals surface area contributed by atoms with Gasteiger partial charge in [0.2, 0.25) is 0 Å². The number of hydrogen-bond donors (Lipinski definition) is 1. The summed E-state index contributed by atoms with van der Waals surface area (Å²) in [5, 5.41) is 4.22. The molecule has 1 aromatic carbocycles. The minimum Gasteiger partial charge on any atom is -0.370 e. The van der Waals surface area contributed by atoms with Gasteiger partial charge in [0.05, 0.1) is 0 Å². The van der Waals surface area contributed by atoms with E-state index in [1.54, 1.807) is 0 Å². The number of anilines is 1. The maximum Gasteiger partial charge on any atom is 0.135 e. The molecule has 3 rings (SSSR count). The Hall–Kier alpha value is -1.61. The van der Waals surface area contributed by atoms with Gasteiger partial charge in [-0.05, 0) is 43.4 Å². The summed E-state index contributed by atoms with van der Waals surface area (Å²) < 4.78 is 0. The van der Waals surface area contributed by atoms with Crippen molar-refractivity contribution in [3.63, 3.8) is 0 Å². The molecule has 1 aliphatic carbocycles. The van der Waals surface area contributed by atoms with Crippen molar-refractivity contribution in [2.75, 3.05) is 11.9 Å². The second kappa shape index (κ2) is 6.44. The van der Waals surface area contributed by atoms with Crippen LogP contribution in [0.4, 0.5) is 5.82 Å². The van der Waals surface area contributed by atoms with E-state index < -0.39 is 0 Å². The molecular weight excluding hydrogens is 282 g/mol. The molecule has 21 heavy (non-hydrogen) atoms. The van der Waals surface area contributed by atoms with Gasteiger partial charge in [0.25, 0.3) is 0 Å². The number of nitrogens with one attached hydrogen (secondary N) is 1. The van der Waals surface area contributed by atoms with E-state index in [-0.39, 0.29) is 0 Å². The molecule has 0 aliphatic heterocycles. The predicted molar refractivity (Wildman–Crippen MR) is 87.1 cm³/mol. The topological polar surface area (TPSA) is 37.8 Å². The van der Waals surface area contributed by atoms with Crippen LogP contribution >= 0.6 is 11.6 Å². The lowest BCUT2D eigenvalue weighted by Gasteiger charge is -2.11. The molecule has 1 heterocycles. The van der Waals surface area contributed by atoms with Gasteiger partial charge in [0.15, 0.2) is 0 Å². The van der Waals surface area contributed by atoms with Gasteiger partial charge in [-0.15, -0.1) is 0 Å². The number of fused-ring (bicyclic) bond motifs is 1. The van der Waals surface area contributed by atoms with Crippen molar-refractivity contribution < 1.29 is 0 Å². The van der Waals surface area contributed by atoms with Crippen molar-refractivity contribution in [1.82, 2.24) is 9.97 Å². The second-order valence-electron chi connectivity index (χ2n) is 5.50. The van der Waals surface area contributed by atoms with E-state index in [1.165, 1.54) is 23.2 Å². The lowest BCUT2D eigenvalue weighted by molar-refractivity contribution is 0.884. The summed E-state index contributed by atoms with van der Waals surface area (Å²) in [5.74, 6) is 1.94. The fraction of sp³-hybridized carbons (Fsp3) is 0.412. The molecule has 1 aromatic heterocycles. The molecule has 0 amide bonds. The number of benzene rings is 1. The molecule has 110 valence electrons. The average Bonchev–Trinajstić information content (AvgIpc) is 2.95. The fourth-order valence-electron chi connectivity index (χ4n) is 2.74. The Labute approximate surface area is 130 Å². The van der Waals surface area contributed by atoms with Crippen LogP contribution in [0.5, 0.6) is 0 Å². The number of rotatable bonds is 5. The zero-order valence-corrected chi connectivity index (χ0v) is 13.1. The summed E-state index contributed by atoms with van der Waals surface area (Å²) in [4.78, 5) is 9.50. The molecule has 0 fully saturated rings. The normalized spacial score (nSPS) is 13.2. The summed E-state index contributed by atoms with van der Waals surface area (Å²) in [7, 11) is 0. The van der Waals surface area contributed by atoms with Gasteiger partial charge in [-0.25, -0.2) is 9.97 Å². The zero-order valence-electron chi connectivity index (χ0n) is 12.3. The van der Waals surface area contributed by atoms with Crippen LogP contribution in [0.3, 0.4) is 0 Å². The lowest BCUT2D eigenvalue weighted by atomic mass is 10.1. The molecule has 0 atom stereocenters. The lowest BCUT2D eigenvalue weighted by Crippen LogP contribution is -2.10.